The molecule has 1 fully saturated rings. The molecule has 1 aromatic rings. The Morgan fingerprint density at radius 2 is 1.86 bits per heavy atom. The van der Waals surface area contributed by atoms with Crippen LogP contribution in [0.25, 0.3) is 0 Å². The number of hydrogen-bond donors (Lipinski definition) is 0. The van der Waals surface area contributed by atoms with E-state index in [2.05, 4.69) is 53.1 Å². The second kappa shape index (κ2) is 7.24. The lowest BCUT2D eigenvalue weighted by Gasteiger charge is -2.36. The predicted octanol–water partition coefficient (Wildman–Crippen LogP) is 3.47. The molecule has 0 amide bonds. The van der Waals surface area contributed by atoms with Crippen molar-refractivity contribution in [2.24, 2.45) is 5.92 Å². The van der Waals surface area contributed by atoms with Gasteiger partial charge in [-0.15, -0.1) is 0 Å². The van der Waals surface area contributed by atoms with Crippen molar-refractivity contribution in [3.8, 4) is 0 Å². The standard InChI is InChI=1S/C19H28N2/c1-17-6-5-9-19(14-17)16-21-12-10-20(11-13-21)15-18-7-3-2-4-8-18/h2-3,5-6,9,14,18H,4,7-8,10-13,15-16H2,1H3/t18-/m0/s1. The van der Waals surface area contributed by atoms with E-state index >= 15 is 0 Å². The summed E-state index contributed by atoms with van der Waals surface area (Å²) in [6.07, 6.45) is 8.69. The van der Waals surface area contributed by atoms with Crippen LogP contribution in [-0.2, 0) is 6.54 Å². The average molecular weight is 284 g/mol. The number of nitrogens with zero attached hydrogens (tertiary/aromatic N) is 2. The first-order chi connectivity index (χ1) is 10.3. The van der Waals surface area contributed by atoms with E-state index in [0.29, 0.717) is 0 Å². The second-order valence-electron chi connectivity index (χ2n) is 6.72. The van der Waals surface area contributed by atoms with E-state index in [1.807, 2.05) is 0 Å². The highest BCUT2D eigenvalue weighted by Crippen LogP contribution is 2.20. The summed E-state index contributed by atoms with van der Waals surface area (Å²) in [6, 6.07) is 8.94. The molecule has 2 nitrogen and oxygen atoms in total. The van der Waals surface area contributed by atoms with E-state index in [1.165, 1.54) is 63.1 Å². The van der Waals surface area contributed by atoms with E-state index in [0.717, 1.165) is 12.5 Å². The fraction of sp³-hybridized carbons (Fsp3) is 0.579. The Labute approximate surface area is 129 Å². The number of piperazine rings is 1. The highest BCUT2D eigenvalue weighted by atomic mass is 15.3. The smallest absolute Gasteiger partial charge is 0.0234 e. The third kappa shape index (κ3) is 4.42. The Morgan fingerprint density at radius 1 is 1.05 bits per heavy atom. The molecule has 21 heavy (non-hydrogen) atoms. The maximum Gasteiger partial charge on any atom is 0.0234 e. The summed E-state index contributed by atoms with van der Waals surface area (Å²) in [5.41, 5.74) is 2.83. The minimum atomic E-state index is 0.901. The van der Waals surface area contributed by atoms with Crippen molar-refractivity contribution in [3.05, 3.63) is 47.5 Å². The van der Waals surface area contributed by atoms with Crippen molar-refractivity contribution < 1.29 is 0 Å². The van der Waals surface area contributed by atoms with Gasteiger partial charge < -0.3 is 4.90 Å². The van der Waals surface area contributed by atoms with Crippen molar-refractivity contribution in [3.63, 3.8) is 0 Å². The maximum atomic E-state index is 2.68. The van der Waals surface area contributed by atoms with Gasteiger partial charge in [-0.3, -0.25) is 4.90 Å². The van der Waals surface area contributed by atoms with Crippen molar-refractivity contribution in [2.75, 3.05) is 32.7 Å². The van der Waals surface area contributed by atoms with Crippen LogP contribution < -0.4 is 0 Å². The van der Waals surface area contributed by atoms with Crippen LogP contribution >= 0.6 is 0 Å². The molecule has 0 aromatic heterocycles. The van der Waals surface area contributed by atoms with Crippen molar-refractivity contribution in [1.82, 2.24) is 9.80 Å². The second-order valence-corrected chi connectivity index (χ2v) is 6.72. The van der Waals surface area contributed by atoms with Crippen LogP contribution in [0, 0.1) is 12.8 Å². The van der Waals surface area contributed by atoms with Gasteiger partial charge in [-0.1, -0.05) is 42.0 Å². The lowest BCUT2D eigenvalue weighted by Crippen LogP contribution is -2.47. The molecule has 0 bridgehead atoms. The van der Waals surface area contributed by atoms with Crippen LogP contribution in [0.15, 0.2) is 36.4 Å². The van der Waals surface area contributed by atoms with Crippen LogP contribution in [0.2, 0.25) is 0 Å². The minimum Gasteiger partial charge on any atom is -0.301 e. The Kier molecular flexibility index (Phi) is 5.10. The highest BCUT2D eigenvalue weighted by Gasteiger charge is 2.20. The summed E-state index contributed by atoms with van der Waals surface area (Å²) in [7, 11) is 0. The van der Waals surface area contributed by atoms with E-state index in [9.17, 15) is 0 Å². The Morgan fingerprint density at radius 3 is 2.57 bits per heavy atom. The van der Waals surface area contributed by atoms with Gasteiger partial charge in [-0.2, -0.15) is 0 Å². The fourth-order valence-electron chi connectivity index (χ4n) is 3.59. The lowest BCUT2D eigenvalue weighted by molar-refractivity contribution is 0.111. The molecule has 1 atom stereocenters. The molecule has 0 radical (unpaired) electrons. The summed E-state index contributed by atoms with van der Waals surface area (Å²) in [5.74, 6) is 0.901. The van der Waals surface area contributed by atoms with Crippen LogP contribution in [-0.4, -0.2) is 42.5 Å². The van der Waals surface area contributed by atoms with Gasteiger partial charge in [0.2, 0.25) is 0 Å². The molecular weight excluding hydrogens is 256 g/mol. The zero-order valence-electron chi connectivity index (χ0n) is 13.3. The van der Waals surface area contributed by atoms with Gasteiger partial charge in [-0.05, 0) is 37.7 Å². The van der Waals surface area contributed by atoms with Crippen LogP contribution in [0.1, 0.15) is 30.4 Å². The molecular formula is C19H28N2. The van der Waals surface area contributed by atoms with Gasteiger partial charge in [-0.25, -0.2) is 0 Å². The largest absolute Gasteiger partial charge is 0.301 e. The summed E-state index contributed by atoms with van der Waals surface area (Å²) in [5, 5.41) is 0. The molecule has 0 spiro atoms. The van der Waals surface area contributed by atoms with E-state index < -0.39 is 0 Å². The van der Waals surface area contributed by atoms with E-state index in [4.69, 9.17) is 0 Å². The molecule has 3 rings (SSSR count). The van der Waals surface area contributed by atoms with Gasteiger partial charge in [0.25, 0.3) is 0 Å². The van der Waals surface area contributed by atoms with E-state index in [1.54, 1.807) is 0 Å². The van der Waals surface area contributed by atoms with Gasteiger partial charge in [0.1, 0.15) is 0 Å². The SMILES string of the molecule is Cc1cccc(CN2CCN(C[C@H]3CC=CCC3)CC2)c1. The molecule has 0 unspecified atom stereocenters. The summed E-state index contributed by atoms with van der Waals surface area (Å²) < 4.78 is 0. The zero-order valence-corrected chi connectivity index (χ0v) is 13.3. The molecule has 1 aliphatic carbocycles. The first kappa shape index (κ1) is 14.8. The quantitative estimate of drug-likeness (QED) is 0.781. The first-order valence-corrected chi connectivity index (χ1v) is 8.45. The van der Waals surface area contributed by atoms with Crippen LogP contribution in [0.3, 0.4) is 0 Å². The monoisotopic (exact) mass is 284 g/mol. The average Bonchev–Trinajstić information content (AvgIpc) is 2.50. The molecule has 1 aliphatic heterocycles. The lowest BCUT2D eigenvalue weighted by atomic mass is 9.94. The number of benzene rings is 1. The van der Waals surface area contributed by atoms with Crippen LogP contribution in [0.4, 0.5) is 0 Å². The van der Waals surface area contributed by atoms with Crippen molar-refractivity contribution >= 4 is 0 Å². The number of allylic oxidation sites excluding steroid dienone is 2. The molecule has 2 aliphatic rings. The van der Waals surface area contributed by atoms with Gasteiger partial charge >= 0.3 is 0 Å². The number of rotatable bonds is 4. The molecule has 1 heterocycles. The fourth-order valence-corrected chi connectivity index (χ4v) is 3.59. The molecule has 114 valence electrons. The Balaban J connectivity index is 1.43. The molecule has 1 saturated heterocycles. The van der Waals surface area contributed by atoms with Crippen molar-refractivity contribution in [1.29, 1.82) is 0 Å². The van der Waals surface area contributed by atoms with E-state index in [-0.39, 0.29) is 0 Å². The van der Waals surface area contributed by atoms with Crippen LogP contribution in [0.5, 0.6) is 0 Å². The predicted molar refractivity (Wildman–Crippen MR) is 89.4 cm³/mol. The maximum absolute atomic E-state index is 2.68. The first-order valence-electron chi connectivity index (χ1n) is 8.45. The third-order valence-corrected chi connectivity index (χ3v) is 4.85. The molecule has 1 aromatic carbocycles. The molecule has 2 heteroatoms. The topological polar surface area (TPSA) is 6.48 Å². The van der Waals surface area contributed by atoms with Gasteiger partial charge in [0.15, 0.2) is 0 Å². The Hall–Kier alpha value is -1.12. The summed E-state index contributed by atoms with van der Waals surface area (Å²) in [4.78, 5) is 5.28. The van der Waals surface area contributed by atoms with Crippen molar-refractivity contribution in [2.45, 2.75) is 32.7 Å². The van der Waals surface area contributed by atoms with Gasteiger partial charge in [0, 0.05) is 39.3 Å². The summed E-state index contributed by atoms with van der Waals surface area (Å²) >= 11 is 0. The normalized spacial score (nSPS) is 24.3. The number of aryl methyl sites for hydroxylation is 1. The molecule has 0 saturated carbocycles. The number of hydrogen-bond acceptors (Lipinski definition) is 2. The Bertz CT molecular complexity index is 472. The summed E-state index contributed by atoms with van der Waals surface area (Å²) in [6.45, 7) is 9.52. The molecule has 0 N–H and O–H groups in total. The van der Waals surface area contributed by atoms with Gasteiger partial charge in [0.05, 0.1) is 0 Å². The zero-order chi connectivity index (χ0) is 14.5. The minimum absolute atomic E-state index is 0.901. The third-order valence-electron chi connectivity index (χ3n) is 4.85. The highest BCUT2D eigenvalue weighted by molar-refractivity contribution is 5.22.